The second kappa shape index (κ2) is 10.1. The molecule has 1 unspecified atom stereocenters. The molecule has 1 atom stereocenters. The summed E-state index contributed by atoms with van der Waals surface area (Å²) in [7, 11) is 0. The van der Waals surface area contributed by atoms with Crippen molar-refractivity contribution in [1.29, 1.82) is 0 Å². The number of halogens is 3. The Morgan fingerprint density at radius 1 is 1.07 bits per heavy atom. The van der Waals surface area contributed by atoms with E-state index in [0.717, 1.165) is 16.8 Å². The molecule has 1 amide bonds. The molecule has 0 saturated heterocycles. The van der Waals surface area contributed by atoms with Gasteiger partial charge in [0.1, 0.15) is 6.17 Å². The molecule has 0 fully saturated rings. The van der Waals surface area contributed by atoms with E-state index in [1.165, 1.54) is 0 Å². The quantitative estimate of drug-likeness (QED) is 0.343. The lowest BCUT2D eigenvalue weighted by Gasteiger charge is -2.27. The summed E-state index contributed by atoms with van der Waals surface area (Å²) in [5.74, 6) is -0.249. The van der Waals surface area contributed by atoms with Crippen LogP contribution in [-0.2, 0) is 11.2 Å². The predicted octanol–water partition coefficient (Wildman–Crippen LogP) is 4.73. The third-order valence-electron chi connectivity index (χ3n) is 3.67. The van der Waals surface area contributed by atoms with Crippen LogP contribution in [0.25, 0.3) is 0 Å². The Labute approximate surface area is 179 Å². The zero-order chi connectivity index (χ0) is 19.9. The number of nitrogens with one attached hydrogen (secondary N) is 3. The molecule has 0 aliphatic carbocycles. The van der Waals surface area contributed by atoms with E-state index in [0.29, 0.717) is 6.42 Å². The van der Waals surface area contributed by atoms with Crippen LogP contribution in [0.5, 0.6) is 0 Å². The maximum atomic E-state index is 12.3. The number of amides is 1. The molecular formula is C19H20Cl3N3OS. The van der Waals surface area contributed by atoms with E-state index in [9.17, 15) is 4.79 Å². The summed E-state index contributed by atoms with van der Waals surface area (Å²) < 4.78 is -1.78. The van der Waals surface area contributed by atoms with Gasteiger partial charge in [-0.3, -0.25) is 4.79 Å². The molecule has 0 bridgehead atoms. The van der Waals surface area contributed by atoms with Gasteiger partial charge in [0.15, 0.2) is 5.11 Å². The van der Waals surface area contributed by atoms with Gasteiger partial charge >= 0.3 is 0 Å². The Morgan fingerprint density at radius 2 is 1.78 bits per heavy atom. The number of carbonyl (C=O) groups excluding carboxylic acids is 1. The standard InChI is InChI=1S/C19H20Cl3N3OS/c1-13-6-5-9-15(12-13)23-18(27)25-17(19(20,21)22)24-16(26)11-10-14-7-3-2-4-8-14/h2-9,12,17H,10-11H2,1H3,(H,24,26)(H2,23,25,27). The number of benzene rings is 2. The first kappa shape index (κ1) is 21.8. The predicted molar refractivity (Wildman–Crippen MR) is 118 cm³/mol. The molecular weight excluding hydrogens is 425 g/mol. The van der Waals surface area contributed by atoms with Crippen molar-refractivity contribution < 1.29 is 4.79 Å². The summed E-state index contributed by atoms with van der Waals surface area (Å²) in [5, 5.41) is 8.77. The highest BCUT2D eigenvalue weighted by atomic mass is 35.6. The Bertz CT molecular complexity index is 781. The highest BCUT2D eigenvalue weighted by Gasteiger charge is 2.34. The number of aryl methyl sites for hydroxylation is 2. The van der Waals surface area contributed by atoms with Crippen molar-refractivity contribution in [1.82, 2.24) is 10.6 Å². The van der Waals surface area contributed by atoms with Crippen molar-refractivity contribution in [2.24, 2.45) is 0 Å². The van der Waals surface area contributed by atoms with Gasteiger partial charge in [-0.05, 0) is 48.8 Å². The number of carbonyl (C=O) groups is 1. The van der Waals surface area contributed by atoms with Gasteiger partial charge in [0.25, 0.3) is 0 Å². The summed E-state index contributed by atoms with van der Waals surface area (Å²) in [6.07, 6.45) is -0.123. The van der Waals surface area contributed by atoms with E-state index in [-0.39, 0.29) is 17.4 Å². The molecule has 4 nitrogen and oxygen atoms in total. The summed E-state index contributed by atoms with van der Waals surface area (Å²) >= 11 is 23.3. The van der Waals surface area contributed by atoms with Gasteiger partial charge in [-0.15, -0.1) is 0 Å². The maximum absolute atomic E-state index is 12.3. The van der Waals surface area contributed by atoms with Gasteiger partial charge in [0, 0.05) is 12.1 Å². The first-order chi connectivity index (χ1) is 12.7. The summed E-state index contributed by atoms with van der Waals surface area (Å²) in [6.45, 7) is 1.97. The summed E-state index contributed by atoms with van der Waals surface area (Å²) in [5.41, 5.74) is 2.93. The first-order valence-electron chi connectivity index (χ1n) is 8.28. The van der Waals surface area contributed by atoms with Crippen LogP contribution in [0.2, 0.25) is 0 Å². The molecule has 2 rings (SSSR count). The summed E-state index contributed by atoms with van der Waals surface area (Å²) in [6, 6.07) is 17.4. The van der Waals surface area contributed by atoms with Gasteiger partial charge in [-0.2, -0.15) is 0 Å². The monoisotopic (exact) mass is 443 g/mol. The van der Waals surface area contributed by atoms with Crippen LogP contribution in [0.1, 0.15) is 17.5 Å². The minimum absolute atomic E-state index is 0.236. The third-order valence-corrected chi connectivity index (χ3v) is 4.54. The lowest BCUT2D eigenvalue weighted by Crippen LogP contribution is -2.56. The SMILES string of the molecule is Cc1cccc(NC(=S)NC(NC(=O)CCc2ccccc2)C(Cl)(Cl)Cl)c1. The smallest absolute Gasteiger partial charge is 0.228 e. The van der Waals surface area contributed by atoms with Gasteiger partial charge in [-0.1, -0.05) is 77.3 Å². The van der Waals surface area contributed by atoms with E-state index in [4.69, 9.17) is 47.0 Å². The number of rotatable bonds is 6. The van der Waals surface area contributed by atoms with Crippen LogP contribution in [0.4, 0.5) is 5.69 Å². The molecule has 8 heteroatoms. The molecule has 144 valence electrons. The average molecular weight is 445 g/mol. The van der Waals surface area contributed by atoms with Crippen LogP contribution in [-0.4, -0.2) is 21.0 Å². The van der Waals surface area contributed by atoms with Crippen LogP contribution in [0.3, 0.4) is 0 Å². The minimum Gasteiger partial charge on any atom is -0.339 e. The van der Waals surface area contributed by atoms with Gasteiger partial charge in [0.05, 0.1) is 0 Å². The van der Waals surface area contributed by atoms with E-state index < -0.39 is 9.96 Å². The molecule has 0 radical (unpaired) electrons. The molecule has 0 saturated carbocycles. The zero-order valence-corrected chi connectivity index (χ0v) is 17.7. The average Bonchev–Trinajstić information content (AvgIpc) is 2.59. The van der Waals surface area contributed by atoms with Gasteiger partial charge in [0.2, 0.25) is 9.70 Å². The fraction of sp³-hybridized carbons (Fsp3) is 0.263. The van der Waals surface area contributed by atoms with Crippen molar-refractivity contribution in [3.8, 4) is 0 Å². The van der Waals surface area contributed by atoms with Crippen LogP contribution in [0, 0.1) is 6.92 Å². The first-order valence-corrected chi connectivity index (χ1v) is 9.82. The maximum Gasteiger partial charge on any atom is 0.228 e. The van der Waals surface area contributed by atoms with Crippen molar-refractivity contribution in [3.05, 3.63) is 65.7 Å². The van der Waals surface area contributed by atoms with Crippen molar-refractivity contribution in [2.75, 3.05) is 5.32 Å². The topological polar surface area (TPSA) is 53.2 Å². The lowest BCUT2D eigenvalue weighted by molar-refractivity contribution is -0.121. The van der Waals surface area contributed by atoms with E-state index in [2.05, 4.69) is 16.0 Å². The number of alkyl halides is 3. The Kier molecular flexibility index (Phi) is 8.17. The van der Waals surface area contributed by atoms with Gasteiger partial charge < -0.3 is 16.0 Å². The molecule has 0 aliphatic rings. The molecule has 0 heterocycles. The molecule has 2 aromatic rings. The lowest BCUT2D eigenvalue weighted by atomic mass is 10.1. The molecule has 0 spiro atoms. The number of hydrogen-bond acceptors (Lipinski definition) is 2. The third kappa shape index (κ3) is 7.93. The Hall–Kier alpha value is -1.53. The fourth-order valence-electron chi connectivity index (χ4n) is 2.36. The number of hydrogen-bond donors (Lipinski definition) is 3. The van der Waals surface area contributed by atoms with Crippen LogP contribution >= 0.6 is 47.0 Å². The molecule has 0 aromatic heterocycles. The zero-order valence-electron chi connectivity index (χ0n) is 14.6. The largest absolute Gasteiger partial charge is 0.339 e. The molecule has 2 aromatic carbocycles. The van der Waals surface area contributed by atoms with E-state index >= 15 is 0 Å². The highest BCUT2D eigenvalue weighted by molar-refractivity contribution is 7.80. The molecule has 0 aliphatic heterocycles. The number of anilines is 1. The van der Waals surface area contributed by atoms with Crippen molar-refractivity contribution in [2.45, 2.75) is 29.7 Å². The second-order valence-corrected chi connectivity index (χ2v) is 8.77. The van der Waals surface area contributed by atoms with Crippen LogP contribution in [0.15, 0.2) is 54.6 Å². The van der Waals surface area contributed by atoms with Crippen molar-refractivity contribution in [3.63, 3.8) is 0 Å². The second-order valence-electron chi connectivity index (χ2n) is 6.00. The Balaban J connectivity index is 1.92. The normalized spacial score (nSPS) is 12.1. The summed E-state index contributed by atoms with van der Waals surface area (Å²) in [4.78, 5) is 12.3. The Morgan fingerprint density at radius 3 is 2.41 bits per heavy atom. The van der Waals surface area contributed by atoms with Crippen molar-refractivity contribution >= 4 is 63.7 Å². The van der Waals surface area contributed by atoms with E-state index in [1.54, 1.807) is 0 Å². The minimum atomic E-state index is -1.78. The highest BCUT2D eigenvalue weighted by Crippen LogP contribution is 2.29. The molecule has 3 N–H and O–H groups in total. The van der Waals surface area contributed by atoms with Crippen LogP contribution < -0.4 is 16.0 Å². The van der Waals surface area contributed by atoms with E-state index in [1.807, 2.05) is 61.5 Å². The molecule has 27 heavy (non-hydrogen) atoms. The van der Waals surface area contributed by atoms with Gasteiger partial charge in [-0.25, -0.2) is 0 Å². The number of thiocarbonyl (C=S) groups is 1. The fourth-order valence-corrected chi connectivity index (χ4v) is 2.92.